The minimum absolute atomic E-state index is 0.0282. The van der Waals surface area contributed by atoms with Crippen LogP contribution in [0.25, 0.3) is 5.57 Å². The van der Waals surface area contributed by atoms with Gasteiger partial charge in [0.15, 0.2) is 0 Å². The van der Waals surface area contributed by atoms with Crippen LogP contribution in [0.5, 0.6) is 0 Å². The lowest BCUT2D eigenvalue weighted by atomic mass is 9.70. The third-order valence-corrected chi connectivity index (χ3v) is 5.69. The van der Waals surface area contributed by atoms with Gasteiger partial charge in [-0.15, -0.1) is 0 Å². The summed E-state index contributed by atoms with van der Waals surface area (Å²) in [6, 6.07) is 14.4. The summed E-state index contributed by atoms with van der Waals surface area (Å²) in [5.41, 5.74) is 5.06. The van der Waals surface area contributed by atoms with E-state index in [1.54, 1.807) is 12.4 Å². The van der Waals surface area contributed by atoms with E-state index in [0.717, 1.165) is 38.0 Å². The molecule has 1 aliphatic heterocycles. The molecule has 2 heterocycles. The van der Waals surface area contributed by atoms with E-state index in [4.69, 9.17) is 0 Å². The SMILES string of the molecule is CN1CCC2=C(c3ccccc3)CCC(C(=O)Nc3cccnc3)C2C1. The van der Waals surface area contributed by atoms with Crippen LogP contribution in [-0.4, -0.2) is 35.9 Å². The zero-order valence-electron chi connectivity index (χ0n) is 15.2. The first kappa shape index (κ1) is 17.0. The number of pyridine rings is 1. The molecule has 2 unspecified atom stereocenters. The maximum Gasteiger partial charge on any atom is 0.228 e. The van der Waals surface area contributed by atoms with E-state index in [1.807, 2.05) is 12.1 Å². The predicted octanol–water partition coefficient (Wildman–Crippen LogP) is 3.84. The fourth-order valence-corrected chi connectivity index (χ4v) is 4.39. The average molecular weight is 347 g/mol. The van der Waals surface area contributed by atoms with E-state index in [-0.39, 0.29) is 11.8 Å². The average Bonchev–Trinajstić information content (AvgIpc) is 2.68. The molecule has 1 aromatic carbocycles. The van der Waals surface area contributed by atoms with Gasteiger partial charge in [-0.3, -0.25) is 9.78 Å². The number of benzene rings is 1. The highest BCUT2D eigenvalue weighted by Gasteiger charge is 2.38. The third-order valence-electron chi connectivity index (χ3n) is 5.69. The molecule has 1 fully saturated rings. The van der Waals surface area contributed by atoms with Gasteiger partial charge in [0.2, 0.25) is 5.91 Å². The first-order valence-corrected chi connectivity index (χ1v) is 9.39. The minimum Gasteiger partial charge on any atom is -0.324 e. The third kappa shape index (κ3) is 3.42. The van der Waals surface area contributed by atoms with E-state index < -0.39 is 0 Å². The molecule has 0 saturated carbocycles. The molecule has 2 aliphatic rings. The second-order valence-electron chi connectivity index (χ2n) is 7.36. The number of piperidine rings is 1. The summed E-state index contributed by atoms with van der Waals surface area (Å²) in [6.45, 7) is 2.02. The fraction of sp³-hybridized carbons (Fsp3) is 0.364. The molecule has 1 saturated heterocycles. The van der Waals surface area contributed by atoms with Gasteiger partial charge in [0, 0.05) is 31.1 Å². The molecule has 1 N–H and O–H groups in total. The van der Waals surface area contributed by atoms with Gasteiger partial charge in [0.1, 0.15) is 0 Å². The standard InChI is InChI=1S/C22H25N3O/c1-25-13-11-19-18(16-6-3-2-4-7-16)9-10-20(21(19)15-25)22(26)24-17-8-5-12-23-14-17/h2-8,12,14,20-21H,9-11,13,15H2,1H3,(H,24,26). The zero-order chi connectivity index (χ0) is 17.9. The van der Waals surface area contributed by atoms with E-state index in [2.05, 4.69) is 52.6 Å². The number of allylic oxidation sites excluding steroid dienone is 1. The maximum absolute atomic E-state index is 13.0. The Hall–Kier alpha value is -2.46. The maximum atomic E-state index is 13.0. The van der Waals surface area contributed by atoms with Crippen molar-refractivity contribution in [3.05, 3.63) is 66.0 Å². The molecular formula is C22H25N3O. The van der Waals surface area contributed by atoms with Gasteiger partial charge >= 0.3 is 0 Å². The van der Waals surface area contributed by atoms with Crippen molar-refractivity contribution < 1.29 is 4.79 Å². The second kappa shape index (κ2) is 7.42. The number of amides is 1. The van der Waals surface area contributed by atoms with Crippen LogP contribution in [0.1, 0.15) is 24.8 Å². The second-order valence-corrected chi connectivity index (χ2v) is 7.36. The van der Waals surface area contributed by atoms with Gasteiger partial charge in [0.25, 0.3) is 0 Å². The Morgan fingerprint density at radius 3 is 2.77 bits per heavy atom. The number of hydrogen-bond acceptors (Lipinski definition) is 3. The molecule has 4 rings (SSSR count). The van der Waals surface area contributed by atoms with Crippen molar-refractivity contribution in [1.29, 1.82) is 0 Å². The molecule has 4 heteroatoms. The molecule has 1 aliphatic carbocycles. The van der Waals surface area contributed by atoms with Crippen LogP contribution < -0.4 is 5.32 Å². The molecule has 1 amide bonds. The van der Waals surface area contributed by atoms with Crippen LogP contribution in [0.4, 0.5) is 5.69 Å². The Balaban J connectivity index is 1.62. The highest BCUT2D eigenvalue weighted by atomic mass is 16.1. The van der Waals surface area contributed by atoms with Crippen molar-refractivity contribution in [3.8, 4) is 0 Å². The Labute approximate surface area is 154 Å². The van der Waals surface area contributed by atoms with E-state index >= 15 is 0 Å². The van der Waals surface area contributed by atoms with Crippen LogP contribution >= 0.6 is 0 Å². The number of fused-ring (bicyclic) bond motifs is 1. The van der Waals surface area contributed by atoms with Gasteiger partial charge in [-0.2, -0.15) is 0 Å². The van der Waals surface area contributed by atoms with Crippen LogP contribution in [0, 0.1) is 11.8 Å². The van der Waals surface area contributed by atoms with Gasteiger partial charge in [-0.25, -0.2) is 0 Å². The van der Waals surface area contributed by atoms with Crippen molar-refractivity contribution in [2.24, 2.45) is 11.8 Å². The summed E-state index contributed by atoms with van der Waals surface area (Å²) in [6.07, 6.45) is 6.37. The predicted molar refractivity (Wildman–Crippen MR) is 105 cm³/mol. The number of anilines is 1. The highest BCUT2D eigenvalue weighted by Crippen LogP contribution is 2.43. The fourth-order valence-electron chi connectivity index (χ4n) is 4.39. The molecule has 1 aromatic heterocycles. The number of rotatable bonds is 3. The monoisotopic (exact) mass is 347 g/mol. The molecule has 134 valence electrons. The van der Waals surface area contributed by atoms with Gasteiger partial charge in [-0.1, -0.05) is 35.9 Å². The lowest BCUT2D eigenvalue weighted by molar-refractivity contribution is -0.121. The molecule has 2 atom stereocenters. The molecule has 26 heavy (non-hydrogen) atoms. The zero-order valence-corrected chi connectivity index (χ0v) is 15.2. The summed E-state index contributed by atoms with van der Waals surface area (Å²) < 4.78 is 0. The number of nitrogens with zero attached hydrogens (tertiary/aromatic N) is 2. The van der Waals surface area contributed by atoms with Crippen molar-refractivity contribution in [1.82, 2.24) is 9.88 Å². The Morgan fingerprint density at radius 1 is 1.15 bits per heavy atom. The molecule has 4 nitrogen and oxygen atoms in total. The summed E-state index contributed by atoms with van der Waals surface area (Å²) >= 11 is 0. The smallest absolute Gasteiger partial charge is 0.228 e. The summed E-state index contributed by atoms with van der Waals surface area (Å²) in [7, 11) is 2.16. The highest BCUT2D eigenvalue weighted by molar-refractivity contribution is 5.93. The van der Waals surface area contributed by atoms with E-state index in [9.17, 15) is 4.79 Å². The Kier molecular flexibility index (Phi) is 4.85. The lowest BCUT2D eigenvalue weighted by Crippen LogP contribution is -2.43. The van der Waals surface area contributed by atoms with Crippen molar-refractivity contribution >= 4 is 17.2 Å². The quantitative estimate of drug-likeness (QED) is 0.918. The number of carbonyl (C=O) groups is 1. The van der Waals surface area contributed by atoms with Crippen LogP contribution in [-0.2, 0) is 4.79 Å². The number of hydrogen-bond donors (Lipinski definition) is 1. The minimum atomic E-state index is 0.0282. The topological polar surface area (TPSA) is 45.2 Å². The summed E-state index contributed by atoms with van der Waals surface area (Å²) in [5, 5.41) is 3.07. The summed E-state index contributed by atoms with van der Waals surface area (Å²) in [4.78, 5) is 19.4. The van der Waals surface area contributed by atoms with Gasteiger partial charge in [0.05, 0.1) is 11.9 Å². The van der Waals surface area contributed by atoms with Crippen molar-refractivity contribution in [2.45, 2.75) is 19.3 Å². The van der Waals surface area contributed by atoms with Crippen molar-refractivity contribution in [3.63, 3.8) is 0 Å². The molecule has 2 aromatic rings. The van der Waals surface area contributed by atoms with Crippen LogP contribution in [0.15, 0.2) is 60.4 Å². The summed E-state index contributed by atoms with van der Waals surface area (Å²) in [5.74, 6) is 0.456. The largest absolute Gasteiger partial charge is 0.324 e. The Morgan fingerprint density at radius 2 is 2.00 bits per heavy atom. The number of nitrogens with one attached hydrogen (secondary N) is 1. The first-order valence-electron chi connectivity index (χ1n) is 9.39. The Bertz CT molecular complexity index is 801. The molecule has 0 bridgehead atoms. The van der Waals surface area contributed by atoms with Crippen molar-refractivity contribution in [2.75, 3.05) is 25.5 Å². The normalized spacial score (nSPS) is 23.4. The van der Waals surface area contributed by atoms with Gasteiger partial charge in [-0.05, 0) is 49.6 Å². The first-order chi connectivity index (χ1) is 12.7. The lowest BCUT2D eigenvalue weighted by Gasteiger charge is -2.41. The molecule has 0 spiro atoms. The van der Waals surface area contributed by atoms with Crippen LogP contribution in [0.2, 0.25) is 0 Å². The van der Waals surface area contributed by atoms with E-state index in [1.165, 1.54) is 16.7 Å². The molecular weight excluding hydrogens is 322 g/mol. The van der Waals surface area contributed by atoms with E-state index in [0.29, 0.717) is 5.92 Å². The van der Waals surface area contributed by atoms with Gasteiger partial charge < -0.3 is 10.2 Å². The number of likely N-dealkylation sites (tertiary alicyclic amines) is 1. The number of aromatic nitrogens is 1. The number of carbonyl (C=O) groups excluding carboxylic acids is 1. The van der Waals surface area contributed by atoms with Crippen LogP contribution in [0.3, 0.4) is 0 Å². The molecule has 0 radical (unpaired) electrons.